The van der Waals surface area contributed by atoms with Crippen molar-refractivity contribution in [2.45, 2.75) is 33.6 Å². The lowest BCUT2D eigenvalue weighted by molar-refractivity contribution is -0.148. The normalized spacial score (nSPS) is 17.5. The number of aliphatic hydroxyl groups is 1. The number of hydrogen-bond donors (Lipinski definition) is 2. The number of aryl methyl sites for hydroxylation is 1. The maximum atomic E-state index is 12.3. The number of benzene rings is 1. The molecule has 2 N–H and O–H groups in total. The van der Waals surface area contributed by atoms with Gasteiger partial charge in [-0.1, -0.05) is 19.1 Å². The Morgan fingerprint density at radius 3 is 2.41 bits per heavy atom. The topological polar surface area (TPSA) is 108 Å². The fourth-order valence-corrected chi connectivity index (χ4v) is 3.04. The molecular formula is C20H24N2O5. The SMILES string of the molecule is CCc1ccc(N2CC(C(=O)OC/C(O)=C(\C(C)=N)C(C)=O)CC2=O)cc1. The maximum absolute atomic E-state index is 12.3. The molecule has 0 aromatic heterocycles. The van der Waals surface area contributed by atoms with Crippen LogP contribution in [0.3, 0.4) is 0 Å². The van der Waals surface area contributed by atoms with Crippen LogP contribution in [0.15, 0.2) is 35.6 Å². The summed E-state index contributed by atoms with van der Waals surface area (Å²) >= 11 is 0. The largest absolute Gasteiger partial charge is 0.508 e. The monoisotopic (exact) mass is 372 g/mol. The molecule has 1 heterocycles. The number of hydrogen-bond acceptors (Lipinski definition) is 6. The first-order chi connectivity index (χ1) is 12.7. The Morgan fingerprint density at radius 2 is 1.89 bits per heavy atom. The van der Waals surface area contributed by atoms with E-state index in [0.717, 1.165) is 17.7 Å². The van der Waals surface area contributed by atoms with Crippen LogP contribution in [-0.4, -0.2) is 41.6 Å². The van der Waals surface area contributed by atoms with E-state index in [0.29, 0.717) is 0 Å². The van der Waals surface area contributed by atoms with Gasteiger partial charge in [0.1, 0.15) is 12.4 Å². The fraction of sp³-hybridized carbons (Fsp3) is 0.400. The number of carbonyl (C=O) groups excluding carboxylic acids is 3. The van der Waals surface area contributed by atoms with Crippen LogP contribution in [0.1, 0.15) is 32.8 Å². The predicted octanol–water partition coefficient (Wildman–Crippen LogP) is 2.59. The molecule has 1 fully saturated rings. The van der Waals surface area contributed by atoms with E-state index in [1.165, 1.54) is 13.8 Å². The van der Waals surface area contributed by atoms with Crippen LogP contribution < -0.4 is 4.90 Å². The average Bonchev–Trinajstić information content (AvgIpc) is 3.01. The van der Waals surface area contributed by atoms with Crippen molar-refractivity contribution in [3.8, 4) is 0 Å². The molecule has 0 aliphatic carbocycles. The number of esters is 1. The molecule has 27 heavy (non-hydrogen) atoms. The number of nitrogens with one attached hydrogen (secondary N) is 1. The number of aliphatic hydroxyl groups excluding tert-OH is 1. The molecule has 0 bridgehead atoms. The highest BCUT2D eigenvalue weighted by Gasteiger charge is 2.36. The van der Waals surface area contributed by atoms with E-state index in [-0.39, 0.29) is 30.2 Å². The van der Waals surface area contributed by atoms with Gasteiger partial charge in [0.15, 0.2) is 5.78 Å². The second-order valence-electron chi connectivity index (χ2n) is 6.54. The number of ether oxygens (including phenoxy) is 1. The molecule has 7 nitrogen and oxygen atoms in total. The Kier molecular flexibility index (Phi) is 6.50. The van der Waals surface area contributed by atoms with Gasteiger partial charge in [-0.2, -0.15) is 0 Å². The molecule has 0 spiro atoms. The number of nitrogens with zero attached hydrogens (tertiary/aromatic N) is 1. The zero-order valence-electron chi connectivity index (χ0n) is 15.7. The number of anilines is 1. The third kappa shape index (κ3) is 4.81. The van der Waals surface area contributed by atoms with Crippen molar-refractivity contribution >= 4 is 29.1 Å². The number of allylic oxidation sites excluding steroid dienone is 1. The third-order valence-electron chi connectivity index (χ3n) is 4.48. The van der Waals surface area contributed by atoms with E-state index in [1.807, 2.05) is 31.2 Å². The first-order valence-electron chi connectivity index (χ1n) is 8.79. The van der Waals surface area contributed by atoms with Gasteiger partial charge in [-0.25, -0.2) is 0 Å². The van der Waals surface area contributed by atoms with E-state index in [9.17, 15) is 19.5 Å². The second-order valence-corrected chi connectivity index (χ2v) is 6.54. The molecule has 1 aliphatic rings. The van der Waals surface area contributed by atoms with Crippen LogP contribution >= 0.6 is 0 Å². The minimum absolute atomic E-state index is 0.0298. The summed E-state index contributed by atoms with van der Waals surface area (Å²) in [6, 6.07) is 7.59. The summed E-state index contributed by atoms with van der Waals surface area (Å²) in [6.45, 7) is 4.34. The Balaban J connectivity index is 2.02. The van der Waals surface area contributed by atoms with Gasteiger partial charge >= 0.3 is 5.97 Å². The molecule has 0 radical (unpaired) electrons. The number of ketones is 1. The molecule has 144 valence electrons. The molecule has 1 aromatic carbocycles. The summed E-state index contributed by atoms with van der Waals surface area (Å²) in [6.07, 6.45) is 0.930. The standard InChI is InChI=1S/C20H24N2O5/c1-4-14-5-7-16(8-6-14)22-10-15(9-18(22)25)20(26)27-11-17(24)19(12(2)21)13(3)23/h5-8,15,21,24H,4,9-11H2,1-3H3/b19-17-,21-12?. The van der Waals surface area contributed by atoms with E-state index in [1.54, 1.807) is 4.90 Å². The van der Waals surface area contributed by atoms with Crippen LogP contribution in [0.25, 0.3) is 0 Å². The van der Waals surface area contributed by atoms with Gasteiger partial charge < -0.3 is 20.2 Å². The van der Waals surface area contributed by atoms with Crippen molar-refractivity contribution in [3.05, 3.63) is 41.2 Å². The second kappa shape index (κ2) is 8.62. The number of rotatable bonds is 7. The lowest BCUT2D eigenvalue weighted by atomic mass is 10.1. The highest BCUT2D eigenvalue weighted by atomic mass is 16.5. The third-order valence-corrected chi connectivity index (χ3v) is 4.48. The smallest absolute Gasteiger partial charge is 0.311 e. The van der Waals surface area contributed by atoms with Crippen LogP contribution in [0.4, 0.5) is 5.69 Å². The highest BCUT2D eigenvalue weighted by Crippen LogP contribution is 2.26. The molecule has 7 heteroatoms. The Bertz CT molecular complexity index is 779. The summed E-state index contributed by atoms with van der Waals surface area (Å²) in [4.78, 5) is 37.5. The first-order valence-corrected chi connectivity index (χ1v) is 8.79. The van der Waals surface area contributed by atoms with Gasteiger partial charge in [0.25, 0.3) is 0 Å². The first kappa shape index (κ1) is 20.4. The van der Waals surface area contributed by atoms with E-state index in [4.69, 9.17) is 10.1 Å². The van der Waals surface area contributed by atoms with Crippen LogP contribution in [0.5, 0.6) is 0 Å². The van der Waals surface area contributed by atoms with Crippen molar-refractivity contribution < 1.29 is 24.2 Å². The van der Waals surface area contributed by atoms with Gasteiger partial charge in [0, 0.05) is 24.4 Å². The van der Waals surface area contributed by atoms with Gasteiger partial charge in [-0.3, -0.25) is 14.4 Å². The van der Waals surface area contributed by atoms with E-state index < -0.39 is 30.0 Å². The van der Waals surface area contributed by atoms with Crippen LogP contribution in [0.2, 0.25) is 0 Å². The lowest BCUT2D eigenvalue weighted by Gasteiger charge is -2.17. The summed E-state index contributed by atoms with van der Waals surface area (Å²) in [5.41, 5.74) is 1.62. The molecule has 1 saturated heterocycles. The van der Waals surface area contributed by atoms with Gasteiger partial charge in [-0.05, 0) is 38.0 Å². The molecule has 1 aliphatic heterocycles. The quantitative estimate of drug-likeness (QED) is 0.331. The Hall–Kier alpha value is -2.96. The van der Waals surface area contributed by atoms with Crippen molar-refractivity contribution in [1.82, 2.24) is 0 Å². The van der Waals surface area contributed by atoms with Crippen LogP contribution in [-0.2, 0) is 25.5 Å². The predicted molar refractivity (Wildman–Crippen MR) is 101 cm³/mol. The molecule has 1 aromatic rings. The minimum atomic E-state index is -0.641. The average molecular weight is 372 g/mol. The zero-order chi connectivity index (χ0) is 20.1. The Labute approximate surface area is 158 Å². The van der Waals surface area contributed by atoms with Crippen LogP contribution in [0, 0.1) is 11.3 Å². The molecule has 1 atom stereocenters. The fourth-order valence-electron chi connectivity index (χ4n) is 3.04. The van der Waals surface area contributed by atoms with Crippen molar-refractivity contribution in [2.75, 3.05) is 18.1 Å². The van der Waals surface area contributed by atoms with Gasteiger partial charge in [0.05, 0.1) is 11.5 Å². The van der Waals surface area contributed by atoms with Crippen molar-refractivity contribution in [3.63, 3.8) is 0 Å². The van der Waals surface area contributed by atoms with E-state index >= 15 is 0 Å². The number of amides is 1. The van der Waals surface area contributed by atoms with Crippen molar-refractivity contribution in [2.24, 2.45) is 5.92 Å². The summed E-state index contributed by atoms with van der Waals surface area (Å²) in [5.74, 6) is -2.36. The number of Topliss-reactive ketones (excluding diaryl/α,β-unsaturated/α-hetero) is 1. The molecular weight excluding hydrogens is 348 g/mol. The molecule has 1 unspecified atom stereocenters. The minimum Gasteiger partial charge on any atom is -0.508 e. The Morgan fingerprint density at radius 1 is 1.26 bits per heavy atom. The highest BCUT2D eigenvalue weighted by molar-refractivity contribution is 6.20. The molecule has 0 saturated carbocycles. The van der Waals surface area contributed by atoms with Gasteiger partial charge in [0.2, 0.25) is 5.91 Å². The zero-order valence-corrected chi connectivity index (χ0v) is 15.7. The molecule has 1 amide bonds. The van der Waals surface area contributed by atoms with E-state index in [2.05, 4.69) is 0 Å². The molecule has 2 rings (SSSR count). The lowest BCUT2D eigenvalue weighted by Crippen LogP contribution is -2.26. The van der Waals surface area contributed by atoms with Crippen molar-refractivity contribution in [1.29, 1.82) is 5.41 Å². The van der Waals surface area contributed by atoms with Gasteiger partial charge in [-0.15, -0.1) is 0 Å². The summed E-state index contributed by atoms with van der Waals surface area (Å²) < 4.78 is 5.06. The number of carbonyl (C=O) groups is 3. The summed E-state index contributed by atoms with van der Waals surface area (Å²) in [7, 11) is 0. The summed E-state index contributed by atoms with van der Waals surface area (Å²) in [5, 5.41) is 17.4. The maximum Gasteiger partial charge on any atom is 0.311 e.